The van der Waals surface area contributed by atoms with E-state index in [0.29, 0.717) is 6.61 Å². The van der Waals surface area contributed by atoms with Gasteiger partial charge >= 0.3 is 0 Å². The summed E-state index contributed by atoms with van der Waals surface area (Å²) in [6, 6.07) is 4.86. The minimum atomic E-state index is 0.125. The van der Waals surface area contributed by atoms with Crippen LogP contribution < -0.4 is 0 Å². The predicted molar refractivity (Wildman–Crippen MR) is 96.0 cm³/mol. The zero-order valence-electron chi connectivity index (χ0n) is 14.5. The lowest BCUT2D eigenvalue weighted by atomic mass is 10.0. The third-order valence-corrected chi connectivity index (χ3v) is 4.42. The van der Waals surface area contributed by atoms with Gasteiger partial charge in [-0.1, -0.05) is 70.3 Å². The van der Waals surface area contributed by atoms with Crippen molar-refractivity contribution in [2.24, 2.45) is 0 Å². The normalized spacial score (nSPS) is 11.0. The predicted octanol–water partition coefficient (Wildman–Crippen LogP) is 5.31. The van der Waals surface area contributed by atoms with Crippen LogP contribution in [0, 0.1) is 0 Å². The third kappa shape index (κ3) is 10.2. The van der Waals surface area contributed by atoms with Crippen LogP contribution in [0.2, 0.25) is 0 Å². The summed E-state index contributed by atoms with van der Waals surface area (Å²) in [5.41, 5.74) is 0.934. The number of aliphatic hydroxyl groups is 1. The molecule has 132 valence electrons. The first-order chi connectivity index (χ1) is 11.2. The van der Waals surface area contributed by atoms with Gasteiger partial charge < -0.3 is 15.3 Å². The molecule has 3 N–H and O–H groups in total. The summed E-state index contributed by atoms with van der Waals surface area (Å²) in [5, 5.41) is 27.7. The molecule has 3 nitrogen and oxygen atoms in total. The molecular weight excluding hydrogens is 288 g/mol. The Bertz CT molecular complexity index is 404. The highest BCUT2D eigenvalue weighted by atomic mass is 16.3. The fraction of sp³-hybridized carbons (Fsp3) is 0.700. The summed E-state index contributed by atoms with van der Waals surface area (Å²) in [6.07, 6.45) is 15.9. The first kappa shape index (κ1) is 19.8. The number of phenolic OH excluding ortho intramolecular Hbond substituents is 2. The average Bonchev–Trinajstić information content (AvgIpc) is 2.53. The highest BCUT2D eigenvalue weighted by Crippen LogP contribution is 2.24. The van der Waals surface area contributed by atoms with Crippen LogP contribution in [0.25, 0.3) is 0 Å². The summed E-state index contributed by atoms with van der Waals surface area (Å²) in [5.74, 6) is 0.337. The molecule has 1 aromatic rings. The molecule has 3 heteroatoms. The lowest BCUT2D eigenvalue weighted by molar-refractivity contribution is 0.282. The van der Waals surface area contributed by atoms with Crippen LogP contribution in [0.4, 0.5) is 0 Å². The second-order valence-electron chi connectivity index (χ2n) is 6.53. The van der Waals surface area contributed by atoms with Gasteiger partial charge in [0.15, 0.2) is 0 Å². The molecule has 0 saturated heterocycles. The molecule has 0 aromatic heterocycles. The van der Waals surface area contributed by atoms with Gasteiger partial charge in [0.2, 0.25) is 0 Å². The van der Waals surface area contributed by atoms with E-state index in [0.717, 1.165) is 24.8 Å². The first-order valence-corrected chi connectivity index (χ1v) is 9.36. The van der Waals surface area contributed by atoms with Crippen LogP contribution in [0.1, 0.15) is 82.6 Å². The molecule has 23 heavy (non-hydrogen) atoms. The van der Waals surface area contributed by atoms with Crippen molar-refractivity contribution in [1.82, 2.24) is 0 Å². The van der Waals surface area contributed by atoms with Crippen molar-refractivity contribution < 1.29 is 15.3 Å². The number of rotatable bonds is 14. The van der Waals surface area contributed by atoms with Crippen LogP contribution in [0.5, 0.6) is 11.5 Å². The molecular formula is C20H34O3. The van der Waals surface area contributed by atoms with Gasteiger partial charge in [0.05, 0.1) is 0 Å². The van der Waals surface area contributed by atoms with E-state index < -0.39 is 0 Å². The van der Waals surface area contributed by atoms with Gasteiger partial charge in [-0.25, -0.2) is 0 Å². The second-order valence-corrected chi connectivity index (χ2v) is 6.53. The standard InChI is InChI=1S/C20H34O3/c21-16-12-10-8-6-4-2-1-3-5-7-9-11-13-18-14-15-19(22)17-20(18)23/h14-15,17,21-23H,1-13,16H2. The number of aryl methyl sites for hydroxylation is 1. The summed E-state index contributed by atoms with van der Waals surface area (Å²) < 4.78 is 0. The topological polar surface area (TPSA) is 60.7 Å². The Balaban J connectivity index is 1.86. The van der Waals surface area contributed by atoms with Gasteiger partial charge in [-0.3, -0.25) is 0 Å². The Morgan fingerprint density at radius 1 is 0.609 bits per heavy atom. The van der Waals surface area contributed by atoms with Crippen molar-refractivity contribution in [3.63, 3.8) is 0 Å². The molecule has 0 saturated carbocycles. The number of aliphatic hydroxyl groups excluding tert-OH is 1. The van der Waals surface area contributed by atoms with E-state index in [-0.39, 0.29) is 11.5 Å². The van der Waals surface area contributed by atoms with Gasteiger partial charge in [0.25, 0.3) is 0 Å². The fourth-order valence-corrected chi connectivity index (χ4v) is 2.96. The SMILES string of the molecule is OCCCCCCCCCCCCCCc1ccc(O)cc1O. The van der Waals surface area contributed by atoms with Gasteiger partial charge in [0.1, 0.15) is 11.5 Å². The van der Waals surface area contributed by atoms with Crippen molar-refractivity contribution in [3.8, 4) is 11.5 Å². The molecule has 0 heterocycles. The lowest BCUT2D eigenvalue weighted by Gasteiger charge is -2.05. The fourth-order valence-electron chi connectivity index (χ4n) is 2.96. The van der Waals surface area contributed by atoms with E-state index in [9.17, 15) is 10.2 Å². The number of benzene rings is 1. The minimum absolute atomic E-state index is 0.125. The minimum Gasteiger partial charge on any atom is -0.508 e. The molecule has 0 atom stereocenters. The number of phenols is 2. The zero-order valence-corrected chi connectivity index (χ0v) is 14.5. The van der Waals surface area contributed by atoms with E-state index in [1.165, 1.54) is 70.3 Å². The maximum Gasteiger partial charge on any atom is 0.122 e. The van der Waals surface area contributed by atoms with E-state index in [4.69, 9.17) is 5.11 Å². The number of hydrogen-bond acceptors (Lipinski definition) is 3. The van der Waals surface area contributed by atoms with E-state index >= 15 is 0 Å². The van der Waals surface area contributed by atoms with Crippen molar-refractivity contribution in [2.75, 3.05) is 6.61 Å². The van der Waals surface area contributed by atoms with Gasteiger partial charge in [-0.15, -0.1) is 0 Å². The quantitative estimate of drug-likeness (QED) is 0.407. The molecule has 0 amide bonds. The monoisotopic (exact) mass is 322 g/mol. The smallest absolute Gasteiger partial charge is 0.122 e. The summed E-state index contributed by atoms with van der Waals surface area (Å²) in [4.78, 5) is 0. The molecule has 0 radical (unpaired) electrons. The van der Waals surface area contributed by atoms with Crippen LogP contribution in [-0.4, -0.2) is 21.9 Å². The summed E-state index contributed by atoms with van der Waals surface area (Å²) >= 11 is 0. The van der Waals surface area contributed by atoms with Gasteiger partial charge in [0, 0.05) is 12.7 Å². The highest BCUT2D eigenvalue weighted by molar-refractivity contribution is 5.38. The Morgan fingerprint density at radius 2 is 1.09 bits per heavy atom. The van der Waals surface area contributed by atoms with Gasteiger partial charge in [-0.05, 0) is 30.9 Å². The van der Waals surface area contributed by atoms with Crippen LogP contribution in [0.3, 0.4) is 0 Å². The maximum absolute atomic E-state index is 9.71. The highest BCUT2D eigenvalue weighted by Gasteiger charge is 2.02. The maximum atomic E-state index is 9.71. The second kappa shape index (κ2) is 13.2. The Morgan fingerprint density at radius 3 is 1.57 bits per heavy atom. The zero-order chi connectivity index (χ0) is 16.8. The number of hydrogen-bond donors (Lipinski definition) is 3. The lowest BCUT2D eigenvalue weighted by Crippen LogP contribution is -1.88. The van der Waals surface area contributed by atoms with Crippen LogP contribution >= 0.6 is 0 Å². The van der Waals surface area contributed by atoms with Crippen LogP contribution in [0.15, 0.2) is 18.2 Å². The van der Waals surface area contributed by atoms with Crippen molar-refractivity contribution in [3.05, 3.63) is 23.8 Å². The Labute approximate surface area is 141 Å². The molecule has 0 spiro atoms. The molecule has 1 rings (SSSR count). The molecule has 0 aliphatic heterocycles. The summed E-state index contributed by atoms with van der Waals surface area (Å²) in [6.45, 7) is 0.340. The molecule has 0 bridgehead atoms. The first-order valence-electron chi connectivity index (χ1n) is 9.36. The molecule has 0 aliphatic carbocycles. The van der Waals surface area contributed by atoms with Crippen LogP contribution in [-0.2, 0) is 6.42 Å². The summed E-state index contributed by atoms with van der Waals surface area (Å²) in [7, 11) is 0. The largest absolute Gasteiger partial charge is 0.508 e. The molecule has 0 aliphatic rings. The van der Waals surface area contributed by atoms with E-state index in [2.05, 4.69) is 0 Å². The average molecular weight is 322 g/mol. The Kier molecular flexibility index (Phi) is 11.4. The number of unbranched alkanes of at least 4 members (excludes halogenated alkanes) is 11. The van der Waals surface area contributed by atoms with Gasteiger partial charge in [-0.2, -0.15) is 0 Å². The molecule has 0 unspecified atom stereocenters. The van der Waals surface area contributed by atoms with E-state index in [1.54, 1.807) is 6.07 Å². The molecule has 0 fully saturated rings. The Hall–Kier alpha value is -1.22. The van der Waals surface area contributed by atoms with Crippen molar-refractivity contribution in [2.45, 2.75) is 83.5 Å². The number of aromatic hydroxyl groups is 2. The third-order valence-electron chi connectivity index (χ3n) is 4.42. The molecule has 1 aromatic carbocycles. The van der Waals surface area contributed by atoms with Crippen molar-refractivity contribution >= 4 is 0 Å². The van der Waals surface area contributed by atoms with Crippen molar-refractivity contribution in [1.29, 1.82) is 0 Å². The van der Waals surface area contributed by atoms with E-state index in [1.807, 2.05) is 6.07 Å².